The molecule has 2 N–H and O–H groups in total. The number of hydrogen-bond acceptors (Lipinski definition) is 4. The van der Waals surface area contributed by atoms with Gasteiger partial charge < -0.3 is 19.8 Å². The van der Waals surface area contributed by atoms with E-state index in [2.05, 4.69) is 10.6 Å². The van der Waals surface area contributed by atoms with E-state index in [0.717, 1.165) is 5.76 Å². The number of likely N-dealkylation sites (N-methyl/N-ethyl adjacent to an activating group) is 1. The number of benzene rings is 1. The fraction of sp³-hybridized carbons (Fsp3) is 0.353. The van der Waals surface area contributed by atoms with Crippen LogP contribution >= 0.6 is 0 Å². The number of furan rings is 1. The van der Waals surface area contributed by atoms with Gasteiger partial charge in [0.15, 0.2) is 0 Å². The van der Waals surface area contributed by atoms with Crippen molar-refractivity contribution in [2.24, 2.45) is 0 Å². The SMILES string of the molecule is CCOc1ccccc1NC(=O)NCC(c1ccco1)N(C)C. The fourth-order valence-corrected chi connectivity index (χ4v) is 2.23. The van der Waals surface area contributed by atoms with Crippen LogP contribution in [0.2, 0.25) is 0 Å². The van der Waals surface area contributed by atoms with Crippen molar-refractivity contribution in [2.75, 3.05) is 32.6 Å². The van der Waals surface area contributed by atoms with E-state index in [0.29, 0.717) is 24.6 Å². The molecule has 0 aliphatic heterocycles. The van der Waals surface area contributed by atoms with Gasteiger partial charge in [0, 0.05) is 6.54 Å². The maximum absolute atomic E-state index is 12.1. The summed E-state index contributed by atoms with van der Waals surface area (Å²) in [5.41, 5.74) is 0.645. The van der Waals surface area contributed by atoms with Crippen LogP contribution in [-0.4, -0.2) is 38.2 Å². The van der Waals surface area contributed by atoms with Gasteiger partial charge in [0.05, 0.1) is 24.6 Å². The Labute approximate surface area is 136 Å². The number of para-hydroxylation sites is 2. The molecule has 124 valence electrons. The molecule has 2 rings (SSSR count). The summed E-state index contributed by atoms with van der Waals surface area (Å²) in [6, 6.07) is 10.8. The molecule has 0 spiro atoms. The third-order valence-corrected chi connectivity index (χ3v) is 3.39. The zero-order chi connectivity index (χ0) is 16.7. The van der Waals surface area contributed by atoms with Crippen molar-refractivity contribution in [1.29, 1.82) is 0 Å². The number of nitrogens with zero attached hydrogens (tertiary/aromatic N) is 1. The van der Waals surface area contributed by atoms with Crippen LogP contribution in [0.4, 0.5) is 10.5 Å². The summed E-state index contributed by atoms with van der Waals surface area (Å²) in [5, 5.41) is 5.67. The molecule has 2 amide bonds. The summed E-state index contributed by atoms with van der Waals surface area (Å²) < 4.78 is 10.9. The number of nitrogens with one attached hydrogen (secondary N) is 2. The van der Waals surface area contributed by atoms with Gasteiger partial charge in [-0.25, -0.2) is 4.79 Å². The van der Waals surface area contributed by atoms with Crippen molar-refractivity contribution in [3.63, 3.8) is 0 Å². The predicted octanol–water partition coefficient (Wildman–Crippen LogP) is 3.10. The van der Waals surface area contributed by atoms with E-state index in [4.69, 9.17) is 9.15 Å². The van der Waals surface area contributed by atoms with Crippen LogP contribution in [0.25, 0.3) is 0 Å². The van der Waals surface area contributed by atoms with E-state index in [1.54, 1.807) is 12.3 Å². The van der Waals surface area contributed by atoms with Crippen LogP contribution in [0.15, 0.2) is 47.1 Å². The summed E-state index contributed by atoms with van der Waals surface area (Å²) in [5.74, 6) is 1.46. The fourth-order valence-electron chi connectivity index (χ4n) is 2.23. The molecule has 0 saturated heterocycles. The Hall–Kier alpha value is -2.47. The standard InChI is InChI=1S/C17H23N3O3/c1-4-22-15-9-6-5-8-13(15)19-17(21)18-12-14(20(2)3)16-10-7-11-23-16/h5-11,14H,4,12H2,1-3H3,(H2,18,19,21). The second kappa shape index (κ2) is 8.24. The molecule has 23 heavy (non-hydrogen) atoms. The van der Waals surface area contributed by atoms with Gasteiger partial charge in [-0.15, -0.1) is 0 Å². The molecule has 6 nitrogen and oxygen atoms in total. The van der Waals surface area contributed by atoms with Crippen LogP contribution < -0.4 is 15.4 Å². The Morgan fingerprint density at radius 2 is 2.04 bits per heavy atom. The lowest BCUT2D eigenvalue weighted by atomic mass is 10.2. The van der Waals surface area contributed by atoms with E-state index >= 15 is 0 Å². The van der Waals surface area contributed by atoms with Crippen molar-refractivity contribution in [3.05, 3.63) is 48.4 Å². The lowest BCUT2D eigenvalue weighted by molar-refractivity contribution is 0.233. The largest absolute Gasteiger partial charge is 0.492 e. The number of ether oxygens (including phenoxy) is 1. The molecule has 1 aromatic heterocycles. The summed E-state index contributed by atoms with van der Waals surface area (Å²) >= 11 is 0. The molecule has 0 saturated carbocycles. The minimum Gasteiger partial charge on any atom is -0.492 e. The molecule has 6 heteroatoms. The Bertz CT molecular complexity index is 611. The van der Waals surface area contributed by atoms with Gasteiger partial charge in [-0.3, -0.25) is 4.90 Å². The number of carbonyl (C=O) groups excluding carboxylic acids is 1. The van der Waals surface area contributed by atoms with E-state index in [-0.39, 0.29) is 12.1 Å². The lowest BCUT2D eigenvalue weighted by Gasteiger charge is -2.22. The average Bonchev–Trinajstić information content (AvgIpc) is 3.03. The smallest absolute Gasteiger partial charge is 0.319 e. The highest BCUT2D eigenvalue weighted by molar-refractivity contribution is 5.90. The first-order valence-electron chi connectivity index (χ1n) is 7.58. The molecule has 0 aliphatic carbocycles. The van der Waals surface area contributed by atoms with Gasteiger partial charge in [0.25, 0.3) is 0 Å². The highest BCUT2D eigenvalue weighted by atomic mass is 16.5. The van der Waals surface area contributed by atoms with E-state index in [9.17, 15) is 4.79 Å². The maximum Gasteiger partial charge on any atom is 0.319 e. The third kappa shape index (κ3) is 4.75. The molecular formula is C17H23N3O3. The Morgan fingerprint density at radius 3 is 2.70 bits per heavy atom. The van der Waals surface area contributed by atoms with Crippen LogP contribution in [0.1, 0.15) is 18.7 Å². The molecule has 1 unspecified atom stereocenters. The van der Waals surface area contributed by atoms with Gasteiger partial charge in [-0.2, -0.15) is 0 Å². The molecule has 1 heterocycles. The van der Waals surface area contributed by atoms with Crippen molar-refractivity contribution < 1.29 is 13.9 Å². The van der Waals surface area contributed by atoms with Crippen molar-refractivity contribution in [3.8, 4) is 5.75 Å². The number of urea groups is 1. The summed E-state index contributed by atoms with van der Waals surface area (Å²) in [4.78, 5) is 14.1. The first kappa shape index (κ1) is 16.9. The molecule has 0 aliphatic rings. The Morgan fingerprint density at radius 1 is 1.26 bits per heavy atom. The lowest BCUT2D eigenvalue weighted by Crippen LogP contribution is -2.36. The molecule has 0 fully saturated rings. The zero-order valence-electron chi connectivity index (χ0n) is 13.7. The molecule has 1 aromatic carbocycles. The number of rotatable bonds is 7. The van der Waals surface area contributed by atoms with Crippen LogP contribution in [-0.2, 0) is 0 Å². The number of carbonyl (C=O) groups is 1. The topological polar surface area (TPSA) is 66.7 Å². The van der Waals surface area contributed by atoms with Gasteiger partial charge in [-0.1, -0.05) is 12.1 Å². The van der Waals surface area contributed by atoms with Crippen molar-refractivity contribution in [2.45, 2.75) is 13.0 Å². The van der Waals surface area contributed by atoms with E-state index in [1.807, 2.05) is 56.3 Å². The highest BCUT2D eigenvalue weighted by Gasteiger charge is 2.18. The second-order valence-electron chi connectivity index (χ2n) is 5.26. The quantitative estimate of drug-likeness (QED) is 0.823. The van der Waals surface area contributed by atoms with Gasteiger partial charge in [0.1, 0.15) is 11.5 Å². The highest BCUT2D eigenvalue weighted by Crippen LogP contribution is 2.23. The van der Waals surface area contributed by atoms with Crippen molar-refractivity contribution >= 4 is 11.7 Å². The van der Waals surface area contributed by atoms with E-state index < -0.39 is 0 Å². The first-order valence-corrected chi connectivity index (χ1v) is 7.58. The summed E-state index contributed by atoms with van der Waals surface area (Å²) in [6.45, 7) is 2.88. The average molecular weight is 317 g/mol. The number of amides is 2. The van der Waals surface area contributed by atoms with E-state index in [1.165, 1.54) is 0 Å². The van der Waals surface area contributed by atoms with Crippen LogP contribution in [0.3, 0.4) is 0 Å². The van der Waals surface area contributed by atoms with Crippen LogP contribution in [0, 0.1) is 0 Å². The third-order valence-electron chi connectivity index (χ3n) is 3.39. The minimum atomic E-state index is -0.282. The monoisotopic (exact) mass is 317 g/mol. The second-order valence-corrected chi connectivity index (χ2v) is 5.26. The molecular weight excluding hydrogens is 294 g/mol. The number of hydrogen-bond donors (Lipinski definition) is 2. The maximum atomic E-state index is 12.1. The zero-order valence-corrected chi connectivity index (χ0v) is 13.7. The molecule has 1 atom stereocenters. The molecule has 0 bridgehead atoms. The summed E-state index contributed by atoms with van der Waals surface area (Å²) in [6.07, 6.45) is 1.63. The normalized spacial score (nSPS) is 12.0. The predicted molar refractivity (Wildman–Crippen MR) is 89.8 cm³/mol. The van der Waals surface area contributed by atoms with Gasteiger partial charge in [0.2, 0.25) is 0 Å². The molecule has 0 radical (unpaired) electrons. The Kier molecular flexibility index (Phi) is 6.05. The van der Waals surface area contributed by atoms with Gasteiger partial charge in [-0.05, 0) is 45.3 Å². The first-order chi connectivity index (χ1) is 11.1. The van der Waals surface area contributed by atoms with Crippen LogP contribution in [0.5, 0.6) is 5.75 Å². The minimum absolute atomic E-state index is 0.0297. The summed E-state index contributed by atoms with van der Waals surface area (Å²) in [7, 11) is 3.88. The Balaban J connectivity index is 1.94. The molecule has 2 aromatic rings. The van der Waals surface area contributed by atoms with Crippen molar-refractivity contribution in [1.82, 2.24) is 10.2 Å². The van der Waals surface area contributed by atoms with Gasteiger partial charge >= 0.3 is 6.03 Å². The number of anilines is 1.